The highest BCUT2D eigenvalue weighted by Gasteiger charge is 2.31. The van der Waals surface area contributed by atoms with E-state index in [2.05, 4.69) is 20.1 Å². The van der Waals surface area contributed by atoms with Gasteiger partial charge in [-0.2, -0.15) is 10.4 Å². The summed E-state index contributed by atoms with van der Waals surface area (Å²) in [7, 11) is 0. The number of nitrogens with one attached hydrogen (secondary N) is 1. The molecular weight excluding hydrogens is 449 g/mol. The van der Waals surface area contributed by atoms with E-state index in [9.17, 15) is 17.6 Å². The molecular formula is C18H11Cl2F4N5O. The van der Waals surface area contributed by atoms with Crippen molar-refractivity contribution in [2.75, 3.05) is 6.54 Å². The summed E-state index contributed by atoms with van der Waals surface area (Å²) in [6.45, 7) is 0.310. The lowest BCUT2D eigenvalue weighted by Crippen LogP contribution is -2.34. The zero-order chi connectivity index (χ0) is 21.9. The smallest absolute Gasteiger partial charge is 0.406 e. The van der Waals surface area contributed by atoms with Crippen molar-refractivity contribution in [3.8, 4) is 11.9 Å². The Morgan fingerprint density at radius 3 is 2.63 bits per heavy atom. The van der Waals surface area contributed by atoms with Gasteiger partial charge in [-0.1, -0.05) is 29.3 Å². The van der Waals surface area contributed by atoms with Crippen molar-refractivity contribution in [1.29, 1.82) is 5.26 Å². The summed E-state index contributed by atoms with van der Waals surface area (Å²) >= 11 is 11.9. The zero-order valence-corrected chi connectivity index (χ0v) is 16.4. The lowest BCUT2D eigenvalue weighted by Gasteiger charge is -2.15. The Labute approximate surface area is 178 Å². The number of nitriles is 1. The summed E-state index contributed by atoms with van der Waals surface area (Å²) in [6, 6.07) is 7.31. The topological polar surface area (TPSA) is 73.0 Å². The number of hydrazone groups is 1. The van der Waals surface area contributed by atoms with Crippen LogP contribution in [0.3, 0.4) is 0 Å². The van der Waals surface area contributed by atoms with Gasteiger partial charge in [0.2, 0.25) is 5.96 Å². The van der Waals surface area contributed by atoms with Crippen LogP contribution in [0.4, 0.5) is 23.2 Å². The van der Waals surface area contributed by atoms with E-state index < -0.39 is 17.9 Å². The first-order valence-electron chi connectivity index (χ1n) is 8.25. The van der Waals surface area contributed by atoms with Crippen LogP contribution >= 0.6 is 23.2 Å². The number of hydrogen-bond acceptors (Lipinski definition) is 4. The van der Waals surface area contributed by atoms with Crippen LogP contribution in [0.15, 0.2) is 46.5 Å². The first kappa shape index (κ1) is 21.7. The van der Waals surface area contributed by atoms with Gasteiger partial charge < -0.3 is 4.74 Å². The van der Waals surface area contributed by atoms with Crippen molar-refractivity contribution < 1.29 is 22.3 Å². The maximum atomic E-state index is 13.7. The third kappa shape index (κ3) is 5.52. The van der Waals surface area contributed by atoms with E-state index in [4.69, 9.17) is 28.5 Å². The lowest BCUT2D eigenvalue weighted by atomic mass is 10.1. The molecule has 0 aliphatic carbocycles. The minimum absolute atomic E-state index is 0.101. The van der Waals surface area contributed by atoms with Crippen molar-refractivity contribution in [2.24, 2.45) is 10.1 Å². The highest BCUT2D eigenvalue weighted by molar-refractivity contribution is 6.42. The van der Waals surface area contributed by atoms with Crippen molar-refractivity contribution in [3.63, 3.8) is 0 Å². The van der Waals surface area contributed by atoms with E-state index in [0.717, 1.165) is 12.1 Å². The van der Waals surface area contributed by atoms with Crippen LogP contribution < -0.4 is 10.1 Å². The van der Waals surface area contributed by atoms with Gasteiger partial charge in [-0.3, -0.25) is 5.32 Å². The molecule has 0 radical (unpaired) electrons. The fourth-order valence-electron chi connectivity index (χ4n) is 2.62. The summed E-state index contributed by atoms with van der Waals surface area (Å²) in [4.78, 5) is 4.01. The van der Waals surface area contributed by atoms with Crippen LogP contribution in [0.2, 0.25) is 10.0 Å². The molecule has 0 fully saturated rings. The average Bonchev–Trinajstić information content (AvgIpc) is 3.12. The van der Waals surface area contributed by atoms with E-state index in [1.54, 1.807) is 24.4 Å². The number of rotatable bonds is 3. The second-order valence-corrected chi connectivity index (χ2v) is 6.73. The predicted molar refractivity (Wildman–Crippen MR) is 103 cm³/mol. The summed E-state index contributed by atoms with van der Waals surface area (Å²) in [5, 5.41) is 17.7. The average molecular weight is 460 g/mol. The van der Waals surface area contributed by atoms with Gasteiger partial charge in [0.25, 0.3) is 0 Å². The third-order valence-corrected chi connectivity index (χ3v) is 4.53. The molecule has 30 heavy (non-hydrogen) atoms. The Morgan fingerprint density at radius 2 is 1.97 bits per heavy atom. The van der Waals surface area contributed by atoms with Crippen molar-refractivity contribution in [3.05, 3.63) is 57.8 Å². The number of guanidine groups is 1. The minimum Gasteiger partial charge on any atom is -0.406 e. The van der Waals surface area contributed by atoms with Crippen LogP contribution in [0.1, 0.15) is 12.0 Å². The SMILES string of the molecule is N#CNC(=Nc1cc(F)cc(OC(F)(F)F)c1)N1CCC(c2ccc(Cl)c(Cl)c2)=N1. The number of halogens is 6. The van der Waals surface area contributed by atoms with Gasteiger partial charge in [-0.15, -0.1) is 13.2 Å². The van der Waals surface area contributed by atoms with Crippen LogP contribution in [0.25, 0.3) is 0 Å². The molecule has 2 aromatic carbocycles. The molecule has 0 atom stereocenters. The Hall–Kier alpha value is -3.03. The fraction of sp³-hybridized carbons (Fsp3) is 0.167. The van der Waals surface area contributed by atoms with E-state index in [-0.39, 0.29) is 11.6 Å². The van der Waals surface area contributed by atoms with E-state index >= 15 is 0 Å². The van der Waals surface area contributed by atoms with Gasteiger partial charge >= 0.3 is 6.36 Å². The lowest BCUT2D eigenvalue weighted by molar-refractivity contribution is -0.274. The van der Waals surface area contributed by atoms with Crippen molar-refractivity contribution in [1.82, 2.24) is 10.3 Å². The Bertz CT molecular complexity index is 1070. The van der Waals surface area contributed by atoms with Gasteiger partial charge in [0, 0.05) is 18.6 Å². The van der Waals surface area contributed by atoms with Crippen molar-refractivity contribution in [2.45, 2.75) is 12.8 Å². The monoisotopic (exact) mass is 459 g/mol. The molecule has 12 heteroatoms. The largest absolute Gasteiger partial charge is 0.573 e. The van der Waals surface area contributed by atoms with Crippen LogP contribution in [-0.2, 0) is 0 Å². The van der Waals surface area contributed by atoms with Crippen LogP contribution in [0, 0.1) is 17.3 Å². The fourth-order valence-corrected chi connectivity index (χ4v) is 2.91. The molecule has 1 N–H and O–H groups in total. The molecule has 1 heterocycles. The number of nitrogens with zero attached hydrogens (tertiary/aromatic N) is 4. The van der Waals surface area contributed by atoms with Crippen molar-refractivity contribution >= 4 is 40.6 Å². The number of alkyl halides is 3. The Morgan fingerprint density at radius 1 is 1.20 bits per heavy atom. The summed E-state index contributed by atoms with van der Waals surface area (Å²) in [5.74, 6) is -1.87. The summed E-state index contributed by atoms with van der Waals surface area (Å²) < 4.78 is 54.7. The molecule has 1 aliphatic heterocycles. The summed E-state index contributed by atoms with van der Waals surface area (Å²) in [5.41, 5.74) is 1.13. The highest BCUT2D eigenvalue weighted by Crippen LogP contribution is 2.29. The third-order valence-electron chi connectivity index (χ3n) is 3.79. The van der Waals surface area contributed by atoms with E-state index in [1.165, 1.54) is 5.01 Å². The van der Waals surface area contributed by atoms with Gasteiger partial charge in [0.15, 0.2) is 6.19 Å². The second-order valence-electron chi connectivity index (χ2n) is 5.91. The Kier molecular flexibility index (Phi) is 6.34. The second kappa shape index (κ2) is 8.77. The number of benzene rings is 2. The van der Waals surface area contributed by atoms with Gasteiger partial charge in [-0.05, 0) is 23.8 Å². The Balaban J connectivity index is 1.91. The minimum atomic E-state index is -4.99. The molecule has 0 aromatic heterocycles. The quantitative estimate of drug-likeness (QED) is 0.225. The normalized spacial score (nSPS) is 14.4. The van der Waals surface area contributed by atoms with Gasteiger partial charge in [0.1, 0.15) is 11.6 Å². The van der Waals surface area contributed by atoms with Crippen LogP contribution in [-0.4, -0.2) is 29.6 Å². The first-order chi connectivity index (χ1) is 14.1. The van der Waals surface area contributed by atoms with Gasteiger partial charge in [-0.25, -0.2) is 14.4 Å². The molecule has 3 rings (SSSR count). The molecule has 0 bridgehead atoms. The maximum Gasteiger partial charge on any atom is 0.573 e. The molecule has 0 spiro atoms. The van der Waals surface area contributed by atoms with E-state index in [1.807, 2.05) is 0 Å². The zero-order valence-electron chi connectivity index (χ0n) is 14.8. The summed E-state index contributed by atoms with van der Waals surface area (Å²) in [6.07, 6.45) is -2.85. The van der Waals surface area contributed by atoms with Crippen LogP contribution in [0.5, 0.6) is 5.75 Å². The molecule has 0 saturated carbocycles. The molecule has 1 aliphatic rings. The molecule has 156 valence electrons. The number of aliphatic imine (C=N–C) groups is 1. The standard InChI is InChI=1S/C18H11Cl2F4N5O/c19-14-2-1-10(5-15(14)20)16-3-4-29(28-16)17(26-9-25)27-12-6-11(21)7-13(8-12)30-18(22,23)24/h1-2,5-8H,3-4H2,(H,26,27). The number of hydrogen-bond donors (Lipinski definition) is 1. The molecule has 0 amide bonds. The number of ether oxygens (including phenoxy) is 1. The molecule has 2 aromatic rings. The van der Waals surface area contributed by atoms with Gasteiger partial charge in [0.05, 0.1) is 28.0 Å². The first-order valence-corrected chi connectivity index (χ1v) is 9.01. The predicted octanol–water partition coefficient (Wildman–Crippen LogP) is 5.20. The van der Waals surface area contributed by atoms with E-state index in [0.29, 0.717) is 40.4 Å². The highest BCUT2D eigenvalue weighted by atomic mass is 35.5. The molecule has 0 saturated heterocycles. The molecule has 0 unspecified atom stereocenters. The maximum absolute atomic E-state index is 13.7. The molecule has 6 nitrogen and oxygen atoms in total.